The number of amides is 1. The maximum Gasteiger partial charge on any atom is 0.410 e. The van der Waals surface area contributed by atoms with Gasteiger partial charge in [-0.1, -0.05) is 30.3 Å². The van der Waals surface area contributed by atoms with Crippen molar-refractivity contribution >= 4 is 6.09 Å². The van der Waals surface area contributed by atoms with E-state index in [2.05, 4.69) is 4.90 Å². The van der Waals surface area contributed by atoms with Crippen LogP contribution in [0.25, 0.3) is 0 Å². The van der Waals surface area contributed by atoms with E-state index in [-0.39, 0.29) is 12.7 Å². The van der Waals surface area contributed by atoms with Crippen LogP contribution in [0.5, 0.6) is 0 Å². The highest BCUT2D eigenvalue weighted by Crippen LogP contribution is 2.18. The second kappa shape index (κ2) is 9.53. The number of benzene rings is 1. The van der Waals surface area contributed by atoms with Crippen molar-refractivity contribution < 1.29 is 14.6 Å². The summed E-state index contributed by atoms with van der Waals surface area (Å²) in [5, 5.41) is 9.07. The van der Waals surface area contributed by atoms with Gasteiger partial charge in [0.2, 0.25) is 0 Å². The second-order valence-electron chi connectivity index (χ2n) is 6.11. The topological polar surface area (TPSA) is 53.0 Å². The standard InChI is InChI=1S/C18H28N2O3/c1-2-20(14-17-9-6-10-19(13-17)11-12-21)18(22)23-15-16-7-4-3-5-8-16/h3-5,7-8,17,21H,2,6,9-15H2,1H3/t17-/m0/s1. The Hall–Kier alpha value is -1.59. The average molecular weight is 320 g/mol. The van der Waals surface area contributed by atoms with Crippen LogP contribution in [0.15, 0.2) is 30.3 Å². The Morgan fingerprint density at radius 1 is 1.39 bits per heavy atom. The third-order valence-electron chi connectivity index (χ3n) is 4.34. The third kappa shape index (κ3) is 5.84. The zero-order valence-corrected chi connectivity index (χ0v) is 14.0. The van der Waals surface area contributed by atoms with Gasteiger partial charge >= 0.3 is 6.09 Å². The Morgan fingerprint density at radius 2 is 2.17 bits per heavy atom. The number of carbonyl (C=O) groups excluding carboxylic acids is 1. The van der Waals surface area contributed by atoms with Gasteiger partial charge in [-0.25, -0.2) is 4.79 Å². The zero-order chi connectivity index (χ0) is 16.5. The Bertz CT molecular complexity index is 465. The molecule has 2 rings (SSSR count). The van der Waals surface area contributed by atoms with Crippen molar-refractivity contribution in [1.29, 1.82) is 0 Å². The second-order valence-corrected chi connectivity index (χ2v) is 6.11. The van der Waals surface area contributed by atoms with Gasteiger partial charge in [-0.15, -0.1) is 0 Å². The molecule has 0 saturated carbocycles. The van der Waals surface area contributed by atoms with E-state index in [0.29, 0.717) is 19.1 Å². The minimum absolute atomic E-state index is 0.198. The van der Waals surface area contributed by atoms with Gasteiger partial charge in [-0.05, 0) is 37.8 Å². The van der Waals surface area contributed by atoms with Gasteiger partial charge in [0.1, 0.15) is 6.61 Å². The fourth-order valence-electron chi connectivity index (χ4n) is 3.10. The summed E-state index contributed by atoms with van der Waals surface area (Å²) < 4.78 is 5.43. The first-order valence-electron chi connectivity index (χ1n) is 8.51. The first kappa shape index (κ1) is 17.8. The highest BCUT2D eigenvalue weighted by molar-refractivity contribution is 5.67. The van der Waals surface area contributed by atoms with E-state index < -0.39 is 0 Å². The van der Waals surface area contributed by atoms with Crippen molar-refractivity contribution in [3.8, 4) is 0 Å². The zero-order valence-electron chi connectivity index (χ0n) is 14.0. The molecular weight excluding hydrogens is 292 g/mol. The molecule has 1 aliphatic rings. The van der Waals surface area contributed by atoms with E-state index in [1.54, 1.807) is 4.90 Å². The Balaban J connectivity index is 1.80. The lowest BCUT2D eigenvalue weighted by atomic mass is 9.97. The molecule has 1 aromatic carbocycles. The minimum Gasteiger partial charge on any atom is -0.445 e. The van der Waals surface area contributed by atoms with Crippen LogP contribution in [0, 0.1) is 5.92 Å². The summed E-state index contributed by atoms with van der Waals surface area (Å²) in [6.07, 6.45) is 2.02. The molecule has 1 amide bonds. The number of carbonyl (C=O) groups is 1. The summed E-state index contributed by atoms with van der Waals surface area (Å²) in [7, 11) is 0. The number of piperidine rings is 1. The number of ether oxygens (including phenoxy) is 1. The fraction of sp³-hybridized carbons (Fsp3) is 0.611. The molecule has 0 unspecified atom stereocenters. The smallest absolute Gasteiger partial charge is 0.410 e. The summed E-state index contributed by atoms with van der Waals surface area (Å²) in [6.45, 7) is 6.60. The van der Waals surface area contributed by atoms with Crippen LogP contribution < -0.4 is 0 Å². The largest absolute Gasteiger partial charge is 0.445 e. The maximum atomic E-state index is 12.3. The van der Waals surface area contributed by atoms with Crippen LogP contribution in [0.4, 0.5) is 4.79 Å². The Morgan fingerprint density at radius 3 is 2.87 bits per heavy atom. The van der Waals surface area contributed by atoms with Crippen molar-refractivity contribution in [2.75, 3.05) is 39.3 Å². The Labute approximate surface area is 138 Å². The molecule has 5 nitrogen and oxygen atoms in total. The number of aliphatic hydroxyl groups is 1. The van der Waals surface area contributed by atoms with E-state index in [4.69, 9.17) is 9.84 Å². The summed E-state index contributed by atoms with van der Waals surface area (Å²) in [6, 6.07) is 9.75. The highest BCUT2D eigenvalue weighted by Gasteiger charge is 2.24. The molecule has 23 heavy (non-hydrogen) atoms. The molecule has 128 valence electrons. The number of nitrogens with zero attached hydrogens (tertiary/aromatic N) is 2. The van der Waals surface area contributed by atoms with Crippen molar-refractivity contribution in [2.45, 2.75) is 26.4 Å². The van der Waals surface area contributed by atoms with Crippen molar-refractivity contribution in [1.82, 2.24) is 9.80 Å². The van der Waals surface area contributed by atoms with E-state index in [0.717, 1.165) is 44.6 Å². The summed E-state index contributed by atoms with van der Waals surface area (Å²) in [4.78, 5) is 16.3. The predicted molar refractivity (Wildman–Crippen MR) is 90.1 cm³/mol. The molecule has 1 atom stereocenters. The monoisotopic (exact) mass is 320 g/mol. The molecule has 1 fully saturated rings. The van der Waals surface area contributed by atoms with Crippen LogP contribution >= 0.6 is 0 Å². The minimum atomic E-state index is -0.240. The van der Waals surface area contributed by atoms with Gasteiger partial charge in [0.25, 0.3) is 0 Å². The van der Waals surface area contributed by atoms with E-state index in [9.17, 15) is 4.79 Å². The SMILES string of the molecule is CCN(C[C@H]1CCCN(CCO)C1)C(=O)OCc1ccccc1. The molecule has 1 N–H and O–H groups in total. The number of rotatable bonds is 7. The average Bonchev–Trinajstić information content (AvgIpc) is 2.59. The predicted octanol–water partition coefficient (Wildman–Crippen LogP) is 2.35. The molecule has 5 heteroatoms. The van der Waals surface area contributed by atoms with Crippen LogP contribution in [0.1, 0.15) is 25.3 Å². The van der Waals surface area contributed by atoms with Crippen molar-refractivity contribution in [2.24, 2.45) is 5.92 Å². The summed E-state index contributed by atoms with van der Waals surface area (Å²) >= 11 is 0. The van der Waals surface area contributed by atoms with E-state index in [1.807, 2.05) is 37.3 Å². The van der Waals surface area contributed by atoms with Gasteiger partial charge in [0.15, 0.2) is 0 Å². The van der Waals surface area contributed by atoms with Gasteiger partial charge in [0.05, 0.1) is 6.61 Å². The maximum absolute atomic E-state index is 12.3. The van der Waals surface area contributed by atoms with Gasteiger partial charge in [-0.2, -0.15) is 0 Å². The van der Waals surface area contributed by atoms with E-state index in [1.165, 1.54) is 0 Å². The normalized spacial score (nSPS) is 18.6. The molecule has 0 aromatic heterocycles. The van der Waals surface area contributed by atoms with E-state index >= 15 is 0 Å². The van der Waals surface area contributed by atoms with Crippen LogP contribution in [-0.4, -0.2) is 60.3 Å². The lowest BCUT2D eigenvalue weighted by Crippen LogP contribution is -2.43. The van der Waals surface area contributed by atoms with Crippen LogP contribution in [-0.2, 0) is 11.3 Å². The van der Waals surface area contributed by atoms with Gasteiger partial charge < -0.3 is 19.6 Å². The number of hydrogen-bond acceptors (Lipinski definition) is 4. The van der Waals surface area contributed by atoms with Gasteiger partial charge in [0, 0.05) is 26.2 Å². The molecular formula is C18H28N2O3. The lowest BCUT2D eigenvalue weighted by molar-refractivity contribution is 0.0777. The van der Waals surface area contributed by atoms with Crippen LogP contribution in [0.2, 0.25) is 0 Å². The molecule has 1 saturated heterocycles. The summed E-state index contributed by atoms with van der Waals surface area (Å²) in [5.41, 5.74) is 1.00. The number of hydrogen-bond donors (Lipinski definition) is 1. The quantitative estimate of drug-likeness (QED) is 0.838. The molecule has 0 spiro atoms. The molecule has 0 radical (unpaired) electrons. The first-order valence-corrected chi connectivity index (χ1v) is 8.51. The molecule has 1 aromatic rings. The number of aliphatic hydroxyl groups excluding tert-OH is 1. The van der Waals surface area contributed by atoms with Crippen molar-refractivity contribution in [3.63, 3.8) is 0 Å². The number of β-amino-alcohol motifs (C(OH)–C–C–N with tert-alkyl or cyclic N) is 1. The molecule has 0 aliphatic carbocycles. The van der Waals surface area contributed by atoms with Gasteiger partial charge in [-0.3, -0.25) is 0 Å². The molecule has 0 bridgehead atoms. The molecule has 1 heterocycles. The fourth-order valence-corrected chi connectivity index (χ4v) is 3.10. The van der Waals surface area contributed by atoms with Crippen molar-refractivity contribution in [3.05, 3.63) is 35.9 Å². The molecule has 1 aliphatic heterocycles. The first-order chi connectivity index (χ1) is 11.2. The Kier molecular flexibility index (Phi) is 7.36. The van der Waals surface area contributed by atoms with Crippen LogP contribution in [0.3, 0.4) is 0 Å². The third-order valence-corrected chi connectivity index (χ3v) is 4.34. The highest BCUT2D eigenvalue weighted by atomic mass is 16.6. The lowest BCUT2D eigenvalue weighted by Gasteiger charge is -2.34. The summed E-state index contributed by atoms with van der Waals surface area (Å²) in [5.74, 6) is 0.458. The number of likely N-dealkylation sites (tertiary alicyclic amines) is 1.